The molecule has 1 aliphatic heterocycles. The van der Waals surface area contributed by atoms with Gasteiger partial charge in [-0.25, -0.2) is 10.4 Å². The van der Waals surface area contributed by atoms with Crippen LogP contribution in [0.5, 0.6) is 0 Å². The molecule has 0 spiro atoms. The van der Waals surface area contributed by atoms with Crippen LogP contribution in [0, 0.1) is 5.92 Å². The first kappa shape index (κ1) is 9.47. The van der Waals surface area contributed by atoms with E-state index in [-0.39, 0.29) is 6.54 Å². The van der Waals surface area contributed by atoms with Crippen molar-refractivity contribution in [2.75, 3.05) is 13.6 Å². The largest absolute Gasteiger partial charge is 0.405 e. The first-order valence-electron chi connectivity index (χ1n) is 3.44. The minimum Gasteiger partial charge on any atom is -0.303 e. The van der Waals surface area contributed by atoms with Crippen LogP contribution < -0.4 is 5.43 Å². The summed E-state index contributed by atoms with van der Waals surface area (Å²) in [5.74, 6) is -0.991. The maximum atomic E-state index is 12.1. The van der Waals surface area contributed by atoms with Gasteiger partial charge in [-0.3, -0.25) is 0 Å². The Morgan fingerprint density at radius 1 is 1.58 bits per heavy atom. The van der Waals surface area contributed by atoms with Crippen molar-refractivity contribution in [3.63, 3.8) is 0 Å². The first-order valence-corrected chi connectivity index (χ1v) is 3.44. The lowest BCUT2D eigenvalue weighted by atomic mass is 10.0. The van der Waals surface area contributed by atoms with Gasteiger partial charge in [0.15, 0.2) is 0 Å². The molecular formula is C6H9F3N2O. The molecule has 0 aromatic heterocycles. The molecule has 0 radical (unpaired) electrons. The lowest BCUT2D eigenvalue weighted by molar-refractivity contribution is -0.165. The van der Waals surface area contributed by atoms with E-state index in [1.165, 1.54) is 12.1 Å². The predicted molar refractivity (Wildman–Crippen MR) is 35.2 cm³/mol. The second-order valence-electron chi connectivity index (χ2n) is 2.83. The zero-order valence-electron chi connectivity index (χ0n) is 6.43. The van der Waals surface area contributed by atoms with Crippen molar-refractivity contribution in [2.45, 2.75) is 12.2 Å². The minimum atomic E-state index is -4.35. The molecule has 0 bridgehead atoms. The maximum absolute atomic E-state index is 12.1. The van der Waals surface area contributed by atoms with Crippen LogP contribution in [0.3, 0.4) is 0 Å². The highest BCUT2D eigenvalue weighted by molar-refractivity contribution is 5.56. The Bertz CT molecular complexity index is 182. The van der Waals surface area contributed by atoms with Crippen LogP contribution in [0.4, 0.5) is 13.2 Å². The summed E-state index contributed by atoms with van der Waals surface area (Å²) in [5, 5.41) is 1.28. The molecule has 0 aromatic carbocycles. The number of nitrogens with zero attached hydrogens (tertiary/aromatic N) is 1. The number of alkyl halides is 3. The van der Waals surface area contributed by atoms with Crippen molar-refractivity contribution < 1.29 is 18.0 Å². The Hall–Kier alpha value is -0.620. The molecule has 0 amide bonds. The van der Waals surface area contributed by atoms with E-state index in [2.05, 4.69) is 5.43 Å². The SMILES string of the molecule is CN1CC(C=O)C(C(F)(F)F)N1. The predicted octanol–water partition coefficient (Wildman–Crippen LogP) is 0.182. The summed E-state index contributed by atoms with van der Waals surface area (Å²) >= 11 is 0. The number of hydrogen-bond donors (Lipinski definition) is 1. The summed E-state index contributed by atoms with van der Waals surface area (Å²) in [7, 11) is 1.47. The Labute approximate surface area is 67.5 Å². The van der Waals surface area contributed by atoms with Gasteiger partial charge in [-0.05, 0) is 0 Å². The zero-order chi connectivity index (χ0) is 9.35. The molecule has 2 atom stereocenters. The van der Waals surface area contributed by atoms with Crippen LogP contribution in [0.2, 0.25) is 0 Å². The summed E-state index contributed by atoms with van der Waals surface area (Å²) in [6, 6.07) is -1.72. The van der Waals surface area contributed by atoms with Crippen molar-refractivity contribution in [3.8, 4) is 0 Å². The van der Waals surface area contributed by atoms with Crippen LogP contribution in [-0.4, -0.2) is 37.1 Å². The van der Waals surface area contributed by atoms with E-state index in [1.54, 1.807) is 0 Å². The molecule has 0 aliphatic carbocycles. The number of rotatable bonds is 1. The average Bonchev–Trinajstić information content (AvgIpc) is 2.29. The third-order valence-electron chi connectivity index (χ3n) is 1.80. The third kappa shape index (κ3) is 1.75. The van der Waals surface area contributed by atoms with E-state index in [0.717, 1.165) is 0 Å². The van der Waals surface area contributed by atoms with Gasteiger partial charge in [-0.1, -0.05) is 0 Å². The van der Waals surface area contributed by atoms with E-state index in [9.17, 15) is 18.0 Å². The molecule has 2 unspecified atom stereocenters. The molecule has 1 aliphatic rings. The van der Waals surface area contributed by atoms with E-state index < -0.39 is 18.1 Å². The number of carbonyl (C=O) groups is 1. The number of hydrazine groups is 1. The van der Waals surface area contributed by atoms with Gasteiger partial charge in [0, 0.05) is 13.6 Å². The van der Waals surface area contributed by atoms with Crippen LogP contribution in [0.1, 0.15) is 0 Å². The molecule has 1 N–H and O–H groups in total. The van der Waals surface area contributed by atoms with Crippen LogP contribution in [0.15, 0.2) is 0 Å². The third-order valence-corrected chi connectivity index (χ3v) is 1.80. The van der Waals surface area contributed by atoms with Gasteiger partial charge in [0.2, 0.25) is 0 Å². The van der Waals surface area contributed by atoms with Crippen LogP contribution >= 0.6 is 0 Å². The normalized spacial score (nSPS) is 32.3. The van der Waals surface area contributed by atoms with Gasteiger partial charge in [0.25, 0.3) is 0 Å². The van der Waals surface area contributed by atoms with Gasteiger partial charge < -0.3 is 4.79 Å². The van der Waals surface area contributed by atoms with Gasteiger partial charge in [0.05, 0.1) is 5.92 Å². The summed E-state index contributed by atoms with van der Waals surface area (Å²) in [6.07, 6.45) is -4.01. The van der Waals surface area contributed by atoms with Gasteiger partial charge in [0.1, 0.15) is 12.3 Å². The molecule has 1 heterocycles. The monoisotopic (exact) mass is 182 g/mol. The van der Waals surface area contributed by atoms with Crippen molar-refractivity contribution in [1.82, 2.24) is 10.4 Å². The summed E-state index contributed by atoms with van der Waals surface area (Å²) < 4.78 is 36.4. The van der Waals surface area contributed by atoms with Gasteiger partial charge >= 0.3 is 6.18 Å². The second-order valence-corrected chi connectivity index (χ2v) is 2.83. The fourth-order valence-corrected chi connectivity index (χ4v) is 1.25. The first-order chi connectivity index (χ1) is 5.45. The van der Waals surface area contributed by atoms with E-state index in [1.807, 2.05) is 0 Å². The standard InChI is InChI=1S/C6H9F3N2O/c1-11-2-4(3-12)5(10-11)6(7,8)9/h3-5,10H,2H2,1H3. The highest BCUT2D eigenvalue weighted by Gasteiger charge is 2.48. The van der Waals surface area contributed by atoms with Gasteiger partial charge in [-0.15, -0.1) is 0 Å². The number of carbonyl (C=O) groups excluding carboxylic acids is 1. The lowest BCUT2D eigenvalue weighted by Crippen LogP contribution is -2.44. The van der Waals surface area contributed by atoms with Crippen LogP contribution in [-0.2, 0) is 4.79 Å². The van der Waals surface area contributed by atoms with Crippen molar-refractivity contribution >= 4 is 6.29 Å². The second kappa shape index (κ2) is 3.02. The molecule has 6 heteroatoms. The molecular weight excluding hydrogens is 173 g/mol. The summed E-state index contributed by atoms with van der Waals surface area (Å²) in [6.45, 7) is 0.105. The lowest BCUT2D eigenvalue weighted by Gasteiger charge is -2.17. The molecule has 3 nitrogen and oxygen atoms in total. The van der Waals surface area contributed by atoms with E-state index >= 15 is 0 Å². The zero-order valence-corrected chi connectivity index (χ0v) is 6.43. The Morgan fingerprint density at radius 2 is 2.17 bits per heavy atom. The minimum absolute atomic E-state index is 0.105. The molecule has 1 rings (SSSR count). The van der Waals surface area contributed by atoms with E-state index in [0.29, 0.717) is 6.29 Å². The average molecular weight is 182 g/mol. The van der Waals surface area contributed by atoms with Crippen molar-refractivity contribution in [2.24, 2.45) is 5.92 Å². The molecule has 0 saturated carbocycles. The number of halogens is 3. The quantitative estimate of drug-likeness (QED) is 0.587. The molecule has 0 aromatic rings. The van der Waals surface area contributed by atoms with Gasteiger partial charge in [-0.2, -0.15) is 13.2 Å². The summed E-state index contributed by atoms with van der Waals surface area (Å²) in [4.78, 5) is 10.2. The molecule has 1 fully saturated rings. The number of aldehydes is 1. The molecule has 70 valence electrons. The Kier molecular flexibility index (Phi) is 2.39. The Balaban J connectivity index is 2.70. The molecule has 12 heavy (non-hydrogen) atoms. The number of nitrogens with one attached hydrogen (secondary N) is 1. The van der Waals surface area contributed by atoms with Crippen molar-refractivity contribution in [1.29, 1.82) is 0 Å². The number of hydrogen-bond acceptors (Lipinski definition) is 3. The molecule has 1 saturated heterocycles. The topological polar surface area (TPSA) is 32.3 Å². The Morgan fingerprint density at radius 3 is 2.50 bits per heavy atom. The van der Waals surface area contributed by atoms with E-state index in [4.69, 9.17) is 0 Å². The maximum Gasteiger partial charge on any atom is 0.405 e. The van der Waals surface area contributed by atoms with Crippen molar-refractivity contribution in [3.05, 3.63) is 0 Å². The van der Waals surface area contributed by atoms with Crippen LogP contribution in [0.25, 0.3) is 0 Å². The fourth-order valence-electron chi connectivity index (χ4n) is 1.25. The smallest absolute Gasteiger partial charge is 0.303 e. The summed E-state index contributed by atoms with van der Waals surface area (Å²) in [5.41, 5.74) is 2.17. The fraction of sp³-hybridized carbons (Fsp3) is 0.833. The highest BCUT2D eigenvalue weighted by atomic mass is 19.4. The highest BCUT2D eigenvalue weighted by Crippen LogP contribution is 2.28.